The quantitative estimate of drug-likeness (QED) is 0.479. The number of nitrogens with one attached hydrogen (secondary N) is 1. The number of rotatable bonds is 3. The first-order chi connectivity index (χ1) is 11.7. The number of carbonyl (C=O) groups is 1. The zero-order valence-electron chi connectivity index (χ0n) is 12.6. The van der Waals surface area contributed by atoms with Crippen molar-refractivity contribution in [2.75, 3.05) is 5.32 Å². The molecule has 0 aliphatic heterocycles. The van der Waals surface area contributed by atoms with Gasteiger partial charge in [-0.25, -0.2) is 4.98 Å². The summed E-state index contributed by atoms with van der Waals surface area (Å²) in [6.45, 7) is 0. The number of furan rings is 1. The van der Waals surface area contributed by atoms with Crippen LogP contribution < -0.4 is 5.32 Å². The van der Waals surface area contributed by atoms with Crippen molar-refractivity contribution in [1.82, 2.24) is 4.98 Å². The molecule has 1 N–H and O–H groups in total. The molecule has 0 aliphatic carbocycles. The molecule has 4 rings (SSSR count). The van der Waals surface area contributed by atoms with E-state index in [9.17, 15) is 4.79 Å². The van der Waals surface area contributed by atoms with Gasteiger partial charge in [0.15, 0.2) is 0 Å². The molecule has 2 aromatic carbocycles. The predicted octanol–water partition coefficient (Wildman–Crippen LogP) is 4.77. The minimum absolute atomic E-state index is 0.112. The fourth-order valence-corrected chi connectivity index (χ4v) is 3.13. The molecule has 0 saturated carbocycles. The van der Waals surface area contributed by atoms with Gasteiger partial charge in [0.05, 0.1) is 12.7 Å². The van der Waals surface area contributed by atoms with Gasteiger partial charge in [0, 0.05) is 20.7 Å². The summed E-state index contributed by atoms with van der Waals surface area (Å²) < 4.78 is 6.65. The molecule has 2 aromatic heterocycles. The molecule has 118 valence electrons. The molecule has 0 radical (unpaired) electrons. The third-order valence-electron chi connectivity index (χ3n) is 3.89. The van der Waals surface area contributed by atoms with E-state index in [2.05, 4.69) is 45.0 Å². The van der Waals surface area contributed by atoms with Crippen molar-refractivity contribution in [3.8, 4) is 0 Å². The maximum absolute atomic E-state index is 12.3. The number of pyridine rings is 1. The van der Waals surface area contributed by atoms with Gasteiger partial charge in [-0.2, -0.15) is 0 Å². The Balaban J connectivity index is 1.65. The van der Waals surface area contributed by atoms with Gasteiger partial charge in [0.25, 0.3) is 0 Å². The summed E-state index contributed by atoms with van der Waals surface area (Å²) in [6, 6.07) is 15.8. The smallest absolute Gasteiger partial charge is 0.230 e. The number of halogens is 1. The van der Waals surface area contributed by atoms with Crippen LogP contribution in [0.25, 0.3) is 21.7 Å². The van der Waals surface area contributed by atoms with Gasteiger partial charge in [-0.1, -0.05) is 30.3 Å². The summed E-state index contributed by atoms with van der Waals surface area (Å²) in [5, 5.41) is 6.05. The predicted molar refractivity (Wildman–Crippen MR) is 103 cm³/mol. The average Bonchev–Trinajstić information content (AvgIpc) is 3.00. The monoisotopic (exact) mass is 428 g/mol. The Labute approximate surface area is 152 Å². The maximum Gasteiger partial charge on any atom is 0.230 e. The minimum Gasteiger partial charge on any atom is -0.464 e. The third-order valence-corrected chi connectivity index (χ3v) is 4.52. The van der Waals surface area contributed by atoms with Crippen LogP contribution in [-0.4, -0.2) is 10.9 Å². The molecule has 1 amide bonds. The number of fused-ring (bicyclic) bond motifs is 3. The lowest BCUT2D eigenvalue weighted by atomic mass is 10.0. The molecule has 0 bridgehead atoms. The number of carbonyl (C=O) groups excluding carboxylic acids is 1. The Morgan fingerprint density at radius 1 is 1.12 bits per heavy atom. The zero-order chi connectivity index (χ0) is 16.5. The fraction of sp³-hybridized carbons (Fsp3) is 0.0526. The Hall–Kier alpha value is -2.41. The lowest BCUT2D eigenvalue weighted by Crippen LogP contribution is -2.15. The van der Waals surface area contributed by atoms with Crippen LogP contribution >= 0.6 is 22.6 Å². The van der Waals surface area contributed by atoms with Gasteiger partial charge >= 0.3 is 0 Å². The van der Waals surface area contributed by atoms with E-state index in [1.165, 1.54) is 0 Å². The van der Waals surface area contributed by atoms with Crippen LogP contribution in [0, 0.1) is 3.57 Å². The van der Waals surface area contributed by atoms with Crippen LogP contribution in [0.1, 0.15) is 5.56 Å². The molecule has 0 unspecified atom stereocenters. The summed E-state index contributed by atoms with van der Waals surface area (Å²) in [5.74, 6) is 0.442. The second-order valence-electron chi connectivity index (χ2n) is 5.51. The molecular formula is C19H13IN2O2. The highest BCUT2D eigenvalue weighted by Gasteiger charge is 2.13. The second kappa shape index (κ2) is 6.24. The van der Waals surface area contributed by atoms with Crippen molar-refractivity contribution >= 4 is 56.1 Å². The molecule has 5 heteroatoms. The second-order valence-corrected chi connectivity index (χ2v) is 6.75. The largest absolute Gasteiger partial charge is 0.464 e. The van der Waals surface area contributed by atoms with E-state index in [0.717, 1.165) is 30.9 Å². The molecular weight excluding hydrogens is 415 g/mol. The first-order valence-corrected chi connectivity index (χ1v) is 8.58. The van der Waals surface area contributed by atoms with E-state index in [1.807, 2.05) is 30.3 Å². The molecule has 2 heterocycles. The molecule has 0 saturated heterocycles. The van der Waals surface area contributed by atoms with Crippen molar-refractivity contribution in [3.05, 3.63) is 70.1 Å². The Morgan fingerprint density at radius 3 is 2.83 bits per heavy atom. The summed E-state index contributed by atoms with van der Waals surface area (Å²) in [5.41, 5.74) is 1.67. The van der Waals surface area contributed by atoms with E-state index < -0.39 is 0 Å². The van der Waals surface area contributed by atoms with E-state index in [4.69, 9.17) is 4.42 Å². The van der Waals surface area contributed by atoms with Crippen LogP contribution in [-0.2, 0) is 11.2 Å². The van der Waals surface area contributed by atoms with Crippen molar-refractivity contribution in [2.45, 2.75) is 6.42 Å². The minimum atomic E-state index is -0.112. The van der Waals surface area contributed by atoms with E-state index in [1.54, 1.807) is 18.5 Å². The van der Waals surface area contributed by atoms with Gasteiger partial charge in [-0.15, -0.1) is 0 Å². The fourth-order valence-electron chi connectivity index (χ4n) is 2.81. The van der Waals surface area contributed by atoms with Crippen LogP contribution in [0.2, 0.25) is 0 Å². The van der Waals surface area contributed by atoms with Gasteiger partial charge < -0.3 is 9.73 Å². The maximum atomic E-state index is 12.3. The highest BCUT2D eigenvalue weighted by atomic mass is 127. The van der Waals surface area contributed by atoms with Crippen LogP contribution in [0.4, 0.5) is 5.82 Å². The SMILES string of the molecule is O=C(Cc1coc2ccc3ccccc3c12)Nc1ccc(I)cn1. The molecule has 4 nitrogen and oxygen atoms in total. The number of aromatic nitrogens is 1. The number of hydrogen-bond donors (Lipinski definition) is 1. The molecule has 0 aliphatic rings. The van der Waals surface area contributed by atoms with Crippen molar-refractivity contribution < 1.29 is 9.21 Å². The summed E-state index contributed by atoms with van der Waals surface area (Å²) in [6.07, 6.45) is 3.63. The highest BCUT2D eigenvalue weighted by molar-refractivity contribution is 14.1. The summed E-state index contributed by atoms with van der Waals surface area (Å²) in [4.78, 5) is 16.5. The van der Waals surface area contributed by atoms with Crippen LogP contribution in [0.15, 0.2) is 65.4 Å². The summed E-state index contributed by atoms with van der Waals surface area (Å²) in [7, 11) is 0. The average molecular weight is 428 g/mol. The summed E-state index contributed by atoms with van der Waals surface area (Å²) >= 11 is 2.18. The van der Waals surface area contributed by atoms with E-state index in [-0.39, 0.29) is 12.3 Å². The van der Waals surface area contributed by atoms with E-state index >= 15 is 0 Å². The zero-order valence-corrected chi connectivity index (χ0v) is 14.8. The first-order valence-electron chi connectivity index (χ1n) is 7.50. The Morgan fingerprint density at radius 2 is 2.00 bits per heavy atom. The van der Waals surface area contributed by atoms with E-state index in [0.29, 0.717) is 5.82 Å². The lowest BCUT2D eigenvalue weighted by molar-refractivity contribution is -0.115. The topological polar surface area (TPSA) is 55.1 Å². The third kappa shape index (κ3) is 2.87. The number of anilines is 1. The molecule has 4 aromatic rings. The standard InChI is InChI=1S/C19H13IN2O2/c20-14-6-8-17(21-10-14)22-18(23)9-13-11-24-16-7-5-12-3-1-2-4-15(12)19(13)16/h1-8,10-11H,9H2,(H,21,22,23). The highest BCUT2D eigenvalue weighted by Crippen LogP contribution is 2.30. The van der Waals surface area contributed by atoms with Crippen LogP contribution in [0.5, 0.6) is 0 Å². The lowest BCUT2D eigenvalue weighted by Gasteiger charge is -2.05. The number of benzene rings is 2. The number of nitrogens with zero attached hydrogens (tertiary/aromatic N) is 1. The van der Waals surface area contributed by atoms with Crippen molar-refractivity contribution in [3.63, 3.8) is 0 Å². The molecule has 24 heavy (non-hydrogen) atoms. The first kappa shape index (κ1) is 15.1. The number of amides is 1. The van der Waals surface area contributed by atoms with Crippen LogP contribution in [0.3, 0.4) is 0 Å². The normalized spacial score (nSPS) is 11.0. The van der Waals surface area contributed by atoms with Gasteiger partial charge in [-0.3, -0.25) is 4.79 Å². The van der Waals surface area contributed by atoms with Gasteiger partial charge in [-0.05, 0) is 51.6 Å². The molecule has 0 spiro atoms. The van der Waals surface area contributed by atoms with Crippen molar-refractivity contribution in [2.24, 2.45) is 0 Å². The molecule has 0 fully saturated rings. The van der Waals surface area contributed by atoms with Crippen molar-refractivity contribution in [1.29, 1.82) is 0 Å². The Kier molecular flexibility index (Phi) is 3.93. The number of hydrogen-bond acceptors (Lipinski definition) is 3. The Bertz CT molecular complexity index is 1040. The van der Waals surface area contributed by atoms with Gasteiger partial charge in [0.2, 0.25) is 5.91 Å². The molecule has 0 atom stereocenters. The van der Waals surface area contributed by atoms with Gasteiger partial charge in [0.1, 0.15) is 11.4 Å².